The van der Waals surface area contributed by atoms with Crippen LogP contribution in [0.4, 0.5) is 0 Å². The minimum Gasteiger partial charge on any atom is -0.383 e. The second kappa shape index (κ2) is 8.46. The number of nitrogens with one attached hydrogen (secondary N) is 2. The highest BCUT2D eigenvalue weighted by molar-refractivity contribution is 5.79. The lowest BCUT2D eigenvalue weighted by molar-refractivity contribution is 0.203. The molecular formula is C9H23N5O. The highest BCUT2D eigenvalue weighted by Crippen LogP contribution is 1.91. The molecule has 0 aliphatic carbocycles. The fourth-order valence-electron chi connectivity index (χ4n) is 0.811. The van der Waals surface area contributed by atoms with Crippen molar-refractivity contribution < 1.29 is 4.74 Å². The number of likely N-dealkylation sites (N-methyl/N-ethyl adjacent to an activating group) is 1. The van der Waals surface area contributed by atoms with Crippen LogP contribution >= 0.6 is 0 Å². The van der Waals surface area contributed by atoms with Gasteiger partial charge in [-0.25, -0.2) is 5.84 Å². The molecule has 0 rings (SSSR count). The van der Waals surface area contributed by atoms with Crippen molar-refractivity contribution in [1.82, 2.24) is 15.6 Å². The standard InChI is InChI=1S/C9H23N5O/c1-8(14(2)3)7-12-9(13-10)11-5-6-15-4/h8H,5-7,10H2,1-4H3,(H2,11,12,13). The minimum absolute atomic E-state index is 0.387. The van der Waals surface area contributed by atoms with Gasteiger partial charge in [-0.2, -0.15) is 0 Å². The Morgan fingerprint density at radius 2 is 2.20 bits per heavy atom. The first-order chi connectivity index (χ1) is 7.11. The van der Waals surface area contributed by atoms with Crippen LogP contribution in [0.25, 0.3) is 0 Å². The molecule has 1 atom stereocenters. The van der Waals surface area contributed by atoms with Crippen LogP contribution in [0, 0.1) is 0 Å². The van der Waals surface area contributed by atoms with Crippen molar-refractivity contribution in [2.75, 3.05) is 40.9 Å². The molecule has 90 valence electrons. The maximum absolute atomic E-state index is 5.32. The van der Waals surface area contributed by atoms with Crippen LogP contribution in [0.3, 0.4) is 0 Å². The van der Waals surface area contributed by atoms with E-state index in [2.05, 4.69) is 27.6 Å². The Morgan fingerprint density at radius 3 is 2.67 bits per heavy atom. The van der Waals surface area contributed by atoms with Gasteiger partial charge in [0.2, 0.25) is 5.96 Å². The second-order valence-electron chi connectivity index (χ2n) is 3.57. The Morgan fingerprint density at radius 1 is 1.53 bits per heavy atom. The summed E-state index contributed by atoms with van der Waals surface area (Å²) < 4.78 is 4.91. The third kappa shape index (κ3) is 7.12. The molecule has 0 aromatic heterocycles. The number of ether oxygens (including phenoxy) is 1. The SMILES string of the molecule is COCCNC(=NCC(C)N(C)C)NN. The minimum atomic E-state index is 0.387. The molecule has 0 heterocycles. The lowest BCUT2D eigenvalue weighted by atomic mass is 10.3. The van der Waals surface area contributed by atoms with Gasteiger partial charge in [-0.15, -0.1) is 0 Å². The molecule has 4 N–H and O–H groups in total. The van der Waals surface area contributed by atoms with Gasteiger partial charge < -0.3 is 15.0 Å². The molecule has 0 aliphatic heterocycles. The molecule has 0 fully saturated rings. The number of guanidine groups is 1. The molecule has 0 saturated carbocycles. The van der Waals surface area contributed by atoms with Crippen molar-refractivity contribution in [2.45, 2.75) is 13.0 Å². The Hall–Kier alpha value is -0.850. The van der Waals surface area contributed by atoms with Gasteiger partial charge in [0.15, 0.2) is 0 Å². The Kier molecular flexibility index (Phi) is 7.98. The summed E-state index contributed by atoms with van der Waals surface area (Å²) in [7, 11) is 5.70. The quantitative estimate of drug-likeness (QED) is 0.175. The summed E-state index contributed by atoms with van der Waals surface area (Å²) in [5, 5.41) is 3.03. The number of rotatable bonds is 6. The van der Waals surface area contributed by atoms with Crippen LogP contribution in [0.2, 0.25) is 0 Å². The molecule has 0 spiro atoms. The number of methoxy groups -OCH3 is 1. The van der Waals surface area contributed by atoms with E-state index in [1.165, 1.54) is 0 Å². The topological polar surface area (TPSA) is 74.9 Å². The van der Waals surface area contributed by atoms with Crippen molar-refractivity contribution in [1.29, 1.82) is 0 Å². The molecule has 0 aliphatic rings. The Labute approximate surface area is 91.8 Å². The van der Waals surface area contributed by atoms with Crippen molar-refractivity contribution in [3.8, 4) is 0 Å². The molecule has 15 heavy (non-hydrogen) atoms. The van der Waals surface area contributed by atoms with Crippen LogP contribution < -0.4 is 16.6 Å². The lowest BCUT2D eigenvalue weighted by Crippen LogP contribution is -2.43. The van der Waals surface area contributed by atoms with Gasteiger partial charge in [0.05, 0.1) is 13.2 Å². The molecule has 0 bridgehead atoms. The molecular weight excluding hydrogens is 194 g/mol. The van der Waals surface area contributed by atoms with Crippen molar-refractivity contribution >= 4 is 5.96 Å². The largest absolute Gasteiger partial charge is 0.383 e. The smallest absolute Gasteiger partial charge is 0.205 e. The van der Waals surface area contributed by atoms with Gasteiger partial charge in [-0.1, -0.05) is 0 Å². The van der Waals surface area contributed by atoms with Gasteiger partial charge in [0, 0.05) is 19.7 Å². The zero-order chi connectivity index (χ0) is 11.7. The van der Waals surface area contributed by atoms with Gasteiger partial charge in [0.1, 0.15) is 0 Å². The van der Waals surface area contributed by atoms with Crippen molar-refractivity contribution in [3.05, 3.63) is 0 Å². The molecule has 6 heteroatoms. The number of nitrogens with zero attached hydrogens (tertiary/aromatic N) is 2. The average Bonchev–Trinajstić information content (AvgIpc) is 2.22. The van der Waals surface area contributed by atoms with E-state index in [0.717, 1.165) is 0 Å². The Balaban J connectivity index is 3.88. The predicted octanol–water partition coefficient (Wildman–Crippen LogP) is -1.01. The van der Waals surface area contributed by atoms with E-state index < -0.39 is 0 Å². The van der Waals surface area contributed by atoms with Crippen LogP contribution in [-0.2, 0) is 4.74 Å². The summed E-state index contributed by atoms with van der Waals surface area (Å²) in [6.45, 7) is 4.12. The van der Waals surface area contributed by atoms with E-state index in [4.69, 9.17) is 10.6 Å². The third-order valence-corrected chi connectivity index (χ3v) is 2.13. The van der Waals surface area contributed by atoms with Gasteiger partial charge in [0.25, 0.3) is 0 Å². The fourth-order valence-corrected chi connectivity index (χ4v) is 0.811. The number of nitrogens with two attached hydrogens (primary N) is 1. The van der Waals surface area contributed by atoms with Gasteiger partial charge in [-0.3, -0.25) is 10.4 Å². The van der Waals surface area contributed by atoms with Crippen molar-refractivity contribution in [2.24, 2.45) is 10.8 Å². The highest BCUT2D eigenvalue weighted by Gasteiger charge is 2.03. The summed E-state index contributed by atoms with van der Waals surface area (Å²) >= 11 is 0. The first kappa shape index (κ1) is 14.2. The van der Waals surface area contributed by atoms with E-state index >= 15 is 0 Å². The van der Waals surface area contributed by atoms with E-state index in [0.29, 0.717) is 31.7 Å². The molecule has 0 radical (unpaired) electrons. The maximum Gasteiger partial charge on any atom is 0.205 e. The molecule has 6 nitrogen and oxygen atoms in total. The summed E-state index contributed by atoms with van der Waals surface area (Å²) in [5.74, 6) is 5.92. The molecule has 0 aromatic carbocycles. The molecule has 0 aromatic rings. The summed E-state index contributed by atoms with van der Waals surface area (Å²) in [5.41, 5.74) is 2.52. The van der Waals surface area contributed by atoms with Crippen LogP contribution in [0.15, 0.2) is 4.99 Å². The van der Waals surface area contributed by atoms with Crippen LogP contribution in [-0.4, -0.2) is 57.8 Å². The van der Waals surface area contributed by atoms with E-state index in [1.54, 1.807) is 7.11 Å². The lowest BCUT2D eigenvalue weighted by Gasteiger charge is -2.18. The molecule has 0 amide bonds. The highest BCUT2D eigenvalue weighted by atomic mass is 16.5. The summed E-state index contributed by atoms with van der Waals surface area (Å²) in [6, 6.07) is 0.387. The second-order valence-corrected chi connectivity index (χ2v) is 3.57. The van der Waals surface area contributed by atoms with E-state index in [1.807, 2.05) is 14.1 Å². The normalized spacial score (nSPS) is 14.1. The molecule has 1 unspecified atom stereocenters. The number of hydrogen-bond donors (Lipinski definition) is 3. The zero-order valence-electron chi connectivity index (χ0n) is 10.1. The third-order valence-electron chi connectivity index (χ3n) is 2.13. The predicted molar refractivity (Wildman–Crippen MR) is 62.7 cm³/mol. The number of aliphatic imine (C=N–C) groups is 1. The number of hydrazine groups is 1. The first-order valence-electron chi connectivity index (χ1n) is 5.02. The van der Waals surface area contributed by atoms with Gasteiger partial charge in [-0.05, 0) is 21.0 Å². The summed E-state index contributed by atoms with van der Waals surface area (Å²) in [6.07, 6.45) is 0. The van der Waals surface area contributed by atoms with Crippen molar-refractivity contribution in [3.63, 3.8) is 0 Å². The van der Waals surface area contributed by atoms with E-state index in [-0.39, 0.29) is 0 Å². The van der Waals surface area contributed by atoms with Gasteiger partial charge >= 0.3 is 0 Å². The fraction of sp³-hybridized carbons (Fsp3) is 0.889. The van der Waals surface area contributed by atoms with Crippen LogP contribution in [0.1, 0.15) is 6.92 Å². The van der Waals surface area contributed by atoms with E-state index in [9.17, 15) is 0 Å². The van der Waals surface area contributed by atoms with Crippen LogP contribution in [0.5, 0.6) is 0 Å². The zero-order valence-corrected chi connectivity index (χ0v) is 10.1. The Bertz CT molecular complexity index is 183. The monoisotopic (exact) mass is 217 g/mol. The summed E-state index contributed by atoms with van der Waals surface area (Å²) in [4.78, 5) is 6.41. The number of hydrogen-bond acceptors (Lipinski definition) is 4. The maximum atomic E-state index is 5.32. The molecule has 0 saturated heterocycles. The average molecular weight is 217 g/mol. The first-order valence-corrected chi connectivity index (χ1v) is 5.02.